The Kier molecular flexibility index (Phi) is 5.86. The number of rotatable bonds is 6. The Morgan fingerprint density at radius 2 is 2.13 bits per heavy atom. The molecular weight excluding hydrogens is 442 g/mol. The minimum Gasteiger partial charge on any atom is -0.454 e. The molecule has 1 aliphatic carbocycles. The van der Waals surface area contributed by atoms with Gasteiger partial charge >= 0.3 is 0 Å². The minimum atomic E-state index is -0.574. The van der Waals surface area contributed by atoms with Crippen molar-refractivity contribution in [2.75, 3.05) is 0 Å². The lowest BCUT2D eigenvalue weighted by Gasteiger charge is -2.15. The molecular formula is C22H17Cl2FN4O2. The molecule has 0 unspecified atom stereocenters. The van der Waals surface area contributed by atoms with Crippen LogP contribution < -0.4 is 10.1 Å². The molecule has 0 bridgehead atoms. The zero-order chi connectivity index (χ0) is 22.1. The highest BCUT2D eigenvalue weighted by Crippen LogP contribution is 2.47. The summed E-state index contributed by atoms with van der Waals surface area (Å²) in [5, 5.41) is 12.2. The lowest BCUT2D eigenvalue weighted by atomic mass is 10.0. The summed E-state index contributed by atoms with van der Waals surface area (Å²) in [4.78, 5) is 19.1. The number of benzene rings is 2. The first-order chi connectivity index (χ1) is 14.9. The van der Waals surface area contributed by atoms with Crippen LogP contribution in [0.1, 0.15) is 51.8 Å². The van der Waals surface area contributed by atoms with Gasteiger partial charge in [0.2, 0.25) is 0 Å². The molecule has 9 heteroatoms. The molecule has 1 heterocycles. The number of nitrogens with one attached hydrogen (secondary N) is 2. The molecule has 2 aromatic carbocycles. The van der Waals surface area contributed by atoms with E-state index in [1.807, 2.05) is 6.07 Å². The summed E-state index contributed by atoms with van der Waals surface area (Å²) in [6.45, 7) is 1.61. The van der Waals surface area contributed by atoms with Crippen LogP contribution in [0.15, 0.2) is 30.3 Å². The van der Waals surface area contributed by atoms with Gasteiger partial charge in [-0.15, -0.1) is 0 Å². The fraction of sp³-hybridized carbons (Fsp3) is 0.227. The molecule has 1 saturated carbocycles. The molecule has 6 nitrogen and oxygen atoms in total. The molecule has 0 aliphatic heterocycles. The van der Waals surface area contributed by atoms with Crippen LogP contribution in [0.25, 0.3) is 0 Å². The molecule has 31 heavy (non-hydrogen) atoms. The van der Waals surface area contributed by atoms with Gasteiger partial charge in [0.25, 0.3) is 5.91 Å². The number of aromatic nitrogens is 2. The molecule has 1 aliphatic rings. The van der Waals surface area contributed by atoms with Crippen molar-refractivity contribution in [3.05, 3.63) is 74.5 Å². The van der Waals surface area contributed by atoms with Crippen LogP contribution >= 0.6 is 23.2 Å². The average molecular weight is 459 g/mol. The number of nitriles is 1. The molecule has 1 aromatic heterocycles. The van der Waals surface area contributed by atoms with Crippen LogP contribution in [-0.4, -0.2) is 15.9 Å². The Morgan fingerprint density at radius 3 is 2.77 bits per heavy atom. The number of amides is 1. The molecule has 3 aromatic rings. The van der Waals surface area contributed by atoms with E-state index in [2.05, 4.69) is 15.3 Å². The van der Waals surface area contributed by atoms with Gasteiger partial charge in [-0.05, 0) is 43.9 Å². The Labute approximate surface area is 188 Å². The van der Waals surface area contributed by atoms with Crippen LogP contribution in [0.5, 0.6) is 11.5 Å². The third-order valence-corrected chi connectivity index (χ3v) is 5.38. The summed E-state index contributed by atoms with van der Waals surface area (Å²) < 4.78 is 21.3. The van der Waals surface area contributed by atoms with E-state index in [4.69, 9.17) is 33.2 Å². The zero-order valence-electron chi connectivity index (χ0n) is 16.4. The highest BCUT2D eigenvalue weighted by Gasteiger charge is 2.30. The topological polar surface area (TPSA) is 90.8 Å². The van der Waals surface area contributed by atoms with Gasteiger partial charge in [0.15, 0.2) is 16.7 Å². The first kappa shape index (κ1) is 21.2. The molecule has 2 N–H and O–H groups in total. The summed E-state index contributed by atoms with van der Waals surface area (Å²) in [6, 6.07) is 9.96. The number of ether oxygens (including phenoxy) is 1. The van der Waals surface area contributed by atoms with E-state index in [1.165, 1.54) is 18.2 Å². The maximum absolute atomic E-state index is 15.4. The first-order valence-electron chi connectivity index (χ1n) is 9.56. The monoisotopic (exact) mass is 458 g/mol. The fourth-order valence-corrected chi connectivity index (χ4v) is 3.73. The largest absolute Gasteiger partial charge is 0.454 e. The van der Waals surface area contributed by atoms with E-state index in [0.29, 0.717) is 16.4 Å². The number of carbonyl (C=O) groups is 1. The van der Waals surface area contributed by atoms with Gasteiger partial charge in [0, 0.05) is 22.7 Å². The van der Waals surface area contributed by atoms with Crippen molar-refractivity contribution in [1.82, 2.24) is 15.3 Å². The van der Waals surface area contributed by atoms with Crippen LogP contribution in [0.3, 0.4) is 0 Å². The second kappa shape index (κ2) is 8.58. The normalized spacial score (nSPS) is 13.0. The lowest BCUT2D eigenvalue weighted by molar-refractivity contribution is 0.0946. The van der Waals surface area contributed by atoms with Crippen molar-refractivity contribution < 1.29 is 13.9 Å². The molecule has 0 atom stereocenters. The third kappa shape index (κ3) is 4.66. The summed E-state index contributed by atoms with van der Waals surface area (Å²) in [5.74, 6) is 0.00230. The summed E-state index contributed by atoms with van der Waals surface area (Å²) >= 11 is 12.0. The van der Waals surface area contributed by atoms with Crippen LogP contribution in [0.4, 0.5) is 4.39 Å². The summed E-state index contributed by atoms with van der Waals surface area (Å²) in [5.41, 5.74) is 1.43. The number of nitrogens with zero attached hydrogens (tertiary/aromatic N) is 2. The maximum atomic E-state index is 15.4. The third-order valence-electron chi connectivity index (χ3n) is 4.89. The van der Waals surface area contributed by atoms with Crippen molar-refractivity contribution >= 4 is 29.1 Å². The summed E-state index contributed by atoms with van der Waals surface area (Å²) in [7, 11) is 0. The number of aryl methyl sites for hydroxylation is 1. The van der Waals surface area contributed by atoms with Gasteiger partial charge < -0.3 is 15.0 Å². The fourth-order valence-electron chi connectivity index (χ4n) is 3.25. The highest BCUT2D eigenvalue weighted by atomic mass is 35.5. The maximum Gasteiger partial charge on any atom is 0.271 e. The summed E-state index contributed by atoms with van der Waals surface area (Å²) in [6.07, 6.45) is 1.89. The van der Waals surface area contributed by atoms with Crippen molar-refractivity contribution in [2.45, 2.75) is 32.2 Å². The molecule has 1 amide bonds. The van der Waals surface area contributed by atoms with Crippen molar-refractivity contribution in [2.24, 2.45) is 0 Å². The van der Waals surface area contributed by atoms with E-state index >= 15 is 4.39 Å². The quantitative estimate of drug-likeness (QED) is 0.500. The van der Waals surface area contributed by atoms with Gasteiger partial charge in [0.05, 0.1) is 11.6 Å². The van der Waals surface area contributed by atoms with E-state index in [0.717, 1.165) is 18.4 Å². The van der Waals surface area contributed by atoms with Crippen LogP contribution in [-0.2, 0) is 6.54 Å². The number of hydrogen-bond acceptors (Lipinski definition) is 4. The number of hydrogen-bond donors (Lipinski definition) is 2. The zero-order valence-corrected chi connectivity index (χ0v) is 17.9. The predicted octanol–water partition coefficient (Wildman–Crippen LogP) is 5.64. The van der Waals surface area contributed by atoms with Crippen LogP contribution in [0.2, 0.25) is 10.2 Å². The van der Waals surface area contributed by atoms with Gasteiger partial charge in [-0.3, -0.25) is 4.79 Å². The number of halogens is 3. The van der Waals surface area contributed by atoms with Crippen molar-refractivity contribution in [3.63, 3.8) is 0 Å². The Balaban J connectivity index is 1.60. The Hall–Kier alpha value is -3.08. The number of carbonyl (C=O) groups excluding carboxylic acids is 1. The highest BCUT2D eigenvalue weighted by molar-refractivity contribution is 6.32. The average Bonchev–Trinajstić information content (AvgIpc) is 3.51. The smallest absolute Gasteiger partial charge is 0.271 e. The number of imidazole rings is 1. The Morgan fingerprint density at radius 1 is 1.35 bits per heavy atom. The Bertz CT molecular complexity index is 1210. The lowest BCUT2D eigenvalue weighted by Crippen LogP contribution is -2.24. The van der Waals surface area contributed by atoms with Crippen LogP contribution in [0, 0.1) is 24.1 Å². The molecule has 158 valence electrons. The van der Waals surface area contributed by atoms with Gasteiger partial charge in [-0.1, -0.05) is 35.3 Å². The second-order valence-electron chi connectivity index (χ2n) is 7.29. The molecule has 1 fully saturated rings. The van der Waals surface area contributed by atoms with Crippen molar-refractivity contribution in [3.8, 4) is 17.6 Å². The van der Waals surface area contributed by atoms with E-state index in [-0.39, 0.29) is 40.4 Å². The molecule has 0 spiro atoms. The van der Waals surface area contributed by atoms with Gasteiger partial charge in [0.1, 0.15) is 17.3 Å². The predicted molar refractivity (Wildman–Crippen MR) is 114 cm³/mol. The van der Waals surface area contributed by atoms with E-state index < -0.39 is 11.7 Å². The molecule has 0 saturated heterocycles. The van der Waals surface area contributed by atoms with Gasteiger partial charge in [-0.2, -0.15) is 5.26 Å². The van der Waals surface area contributed by atoms with Crippen molar-refractivity contribution in [1.29, 1.82) is 5.26 Å². The van der Waals surface area contributed by atoms with E-state index in [1.54, 1.807) is 19.1 Å². The number of aromatic amines is 1. The molecule has 4 rings (SSSR count). The standard InChI is InChI=1S/C22H17Cl2FN4O2/c1-11-28-19(21(24)29-11)22(30)27-10-14-4-5-17(13-2-3-13)20(18(14)25)31-16-7-12(9-26)6-15(23)8-16/h4-8,13H,2-3,10H2,1H3,(H,27,30)(H,28,29). The molecule has 0 radical (unpaired) electrons. The SMILES string of the molecule is Cc1nc(Cl)c(C(=O)NCc2ccc(C3CC3)c(Oc3cc(Cl)cc(C#N)c3)c2F)[nH]1. The van der Waals surface area contributed by atoms with E-state index in [9.17, 15) is 4.79 Å². The van der Waals surface area contributed by atoms with Gasteiger partial charge in [-0.25, -0.2) is 9.37 Å². The minimum absolute atomic E-state index is 0.0535. The first-order valence-corrected chi connectivity index (χ1v) is 10.3. The number of H-pyrrole nitrogens is 1. The second-order valence-corrected chi connectivity index (χ2v) is 8.09.